The van der Waals surface area contributed by atoms with Crippen LogP contribution in [0.15, 0.2) is 18.2 Å². The Morgan fingerprint density at radius 2 is 2.00 bits per heavy atom. The van der Waals surface area contributed by atoms with Crippen LogP contribution in [-0.2, 0) is 11.3 Å². The number of aliphatic carboxylic acids is 1. The number of carboxylic acid groups (broad SMARTS) is 1. The van der Waals surface area contributed by atoms with E-state index in [-0.39, 0.29) is 12.5 Å². The molecule has 1 aromatic rings. The van der Waals surface area contributed by atoms with Gasteiger partial charge in [0.05, 0.1) is 20.8 Å². The first-order valence-corrected chi connectivity index (χ1v) is 7.47. The van der Waals surface area contributed by atoms with Gasteiger partial charge in [-0.05, 0) is 25.5 Å². The monoisotopic (exact) mass is 324 g/mol. The zero-order valence-corrected chi connectivity index (χ0v) is 13.8. The fourth-order valence-corrected chi connectivity index (χ4v) is 2.06. The minimum absolute atomic E-state index is 0.0404. The molecule has 0 bridgehead atoms. The molecule has 0 saturated carbocycles. The van der Waals surface area contributed by atoms with E-state index in [4.69, 9.17) is 14.6 Å². The summed E-state index contributed by atoms with van der Waals surface area (Å²) in [5.74, 6) is 0.475. The Morgan fingerprint density at radius 3 is 2.57 bits per heavy atom. The normalized spacial score (nSPS) is 10.0. The number of benzene rings is 1. The van der Waals surface area contributed by atoms with E-state index >= 15 is 0 Å². The van der Waals surface area contributed by atoms with Crippen molar-refractivity contribution in [3.63, 3.8) is 0 Å². The lowest BCUT2D eigenvalue weighted by atomic mass is 10.1. The third kappa shape index (κ3) is 6.06. The van der Waals surface area contributed by atoms with Crippen LogP contribution in [0, 0.1) is 0 Å². The maximum absolute atomic E-state index is 12.1. The molecule has 0 atom stereocenters. The highest BCUT2D eigenvalue weighted by molar-refractivity contribution is 5.74. The third-order valence-corrected chi connectivity index (χ3v) is 3.37. The molecule has 0 aliphatic carbocycles. The molecule has 0 heterocycles. The highest BCUT2D eigenvalue weighted by Crippen LogP contribution is 2.25. The highest BCUT2D eigenvalue weighted by Gasteiger charge is 2.14. The molecule has 23 heavy (non-hydrogen) atoms. The van der Waals surface area contributed by atoms with E-state index in [1.807, 2.05) is 19.1 Å². The number of methoxy groups -OCH3 is 2. The van der Waals surface area contributed by atoms with Gasteiger partial charge in [-0.1, -0.05) is 0 Å². The summed E-state index contributed by atoms with van der Waals surface area (Å²) in [6, 6.07) is 5.22. The molecule has 2 N–H and O–H groups in total. The summed E-state index contributed by atoms with van der Waals surface area (Å²) in [4.78, 5) is 24.2. The number of hydrogen-bond donors (Lipinski definition) is 2. The number of rotatable bonds is 9. The third-order valence-electron chi connectivity index (χ3n) is 3.37. The standard InChI is InChI=1S/C16H24N2O5/c1-4-18(16(21)17-9-5-6-15(19)20)11-12-7-8-13(22-2)10-14(12)23-3/h7-8,10H,4-6,9,11H2,1-3H3,(H,17,21)(H,19,20). The Morgan fingerprint density at radius 1 is 1.26 bits per heavy atom. The molecule has 2 amide bonds. The number of nitrogens with zero attached hydrogens (tertiary/aromatic N) is 1. The molecule has 128 valence electrons. The smallest absolute Gasteiger partial charge is 0.317 e. The van der Waals surface area contributed by atoms with Gasteiger partial charge in [-0.2, -0.15) is 0 Å². The molecular weight excluding hydrogens is 300 g/mol. The van der Waals surface area contributed by atoms with Gasteiger partial charge < -0.3 is 24.8 Å². The lowest BCUT2D eigenvalue weighted by molar-refractivity contribution is -0.137. The molecule has 0 radical (unpaired) electrons. The van der Waals surface area contributed by atoms with Crippen LogP contribution in [0.25, 0.3) is 0 Å². The Labute approximate surface area is 136 Å². The lowest BCUT2D eigenvalue weighted by Gasteiger charge is -2.22. The molecule has 1 aromatic carbocycles. The fraction of sp³-hybridized carbons (Fsp3) is 0.500. The van der Waals surface area contributed by atoms with Gasteiger partial charge in [-0.25, -0.2) is 4.79 Å². The van der Waals surface area contributed by atoms with E-state index in [9.17, 15) is 9.59 Å². The Bertz CT molecular complexity index is 533. The molecule has 0 fully saturated rings. The number of carbonyl (C=O) groups is 2. The number of carbonyl (C=O) groups excluding carboxylic acids is 1. The predicted octanol–water partition coefficient (Wildman–Crippen LogP) is 2.10. The first kappa shape index (κ1) is 18.6. The van der Waals surface area contributed by atoms with Gasteiger partial charge in [0.25, 0.3) is 0 Å². The van der Waals surface area contributed by atoms with Crippen LogP contribution in [0.5, 0.6) is 11.5 Å². The van der Waals surface area contributed by atoms with Crippen molar-refractivity contribution in [2.45, 2.75) is 26.3 Å². The molecule has 0 aliphatic heterocycles. The summed E-state index contributed by atoms with van der Waals surface area (Å²) >= 11 is 0. The summed E-state index contributed by atoms with van der Waals surface area (Å²) in [5.41, 5.74) is 0.871. The fourth-order valence-electron chi connectivity index (χ4n) is 2.06. The second kappa shape index (κ2) is 9.55. The van der Waals surface area contributed by atoms with Crippen molar-refractivity contribution in [2.24, 2.45) is 0 Å². The average Bonchev–Trinajstić information content (AvgIpc) is 2.56. The van der Waals surface area contributed by atoms with Crippen molar-refractivity contribution in [1.29, 1.82) is 0 Å². The SMILES string of the molecule is CCN(Cc1ccc(OC)cc1OC)C(=O)NCCCC(=O)O. The number of ether oxygens (including phenoxy) is 2. The number of nitrogens with one attached hydrogen (secondary N) is 1. The van der Waals surface area contributed by atoms with Crippen molar-refractivity contribution >= 4 is 12.0 Å². The summed E-state index contributed by atoms with van der Waals surface area (Å²) in [6.07, 6.45) is 0.448. The molecule has 0 unspecified atom stereocenters. The Kier molecular flexibility index (Phi) is 7.73. The van der Waals surface area contributed by atoms with E-state index in [0.717, 1.165) is 5.56 Å². The highest BCUT2D eigenvalue weighted by atomic mass is 16.5. The zero-order valence-electron chi connectivity index (χ0n) is 13.8. The average molecular weight is 324 g/mol. The van der Waals surface area contributed by atoms with E-state index in [2.05, 4.69) is 5.32 Å². The van der Waals surface area contributed by atoms with Gasteiger partial charge >= 0.3 is 12.0 Å². The van der Waals surface area contributed by atoms with Crippen molar-refractivity contribution in [3.05, 3.63) is 23.8 Å². The summed E-state index contributed by atoms with van der Waals surface area (Å²) < 4.78 is 10.5. The van der Waals surface area contributed by atoms with E-state index in [1.165, 1.54) is 0 Å². The van der Waals surface area contributed by atoms with Crippen LogP contribution in [0.3, 0.4) is 0 Å². The molecule has 1 rings (SSSR count). The second-order valence-corrected chi connectivity index (χ2v) is 4.92. The summed E-state index contributed by atoms with van der Waals surface area (Å²) in [6.45, 7) is 3.14. The molecule has 0 aromatic heterocycles. The van der Waals surface area contributed by atoms with Crippen molar-refractivity contribution in [3.8, 4) is 11.5 Å². The van der Waals surface area contributed by atoms with Crippen LogP contribution >= 0.6 is 0 Å². The molecule has 0 spiro atoms. The van der Waals surface area contributed by atoms with Gasteiger partial charge in [0.2, 0.25) is 0 Å². The van der Waals surface area contributed by atoms with Crippen LogP contribution < -0.4 is 14.8 Å². The van der Waals surface area contributed by atoms with Gasteiger partial charge in [0.15, 0.2) is 0 Å². The summed E-state index contributed by atoms with van der Waals surface area (Å²) in [5, 5.41) is 11.3. The quantitative estimate of drug-likeness (QED) is 0.679. The first-order chi connectivity index (χ1) is 11.0. The van der Waals surface area contributed by atoms with E-state index in [1.54, 1.807) is 25.2 Å². The van der Waals surface area contributed by atoms with Crippen molar-refractivity contribution in [1.82, 2.24) is 10.2 Å². The zero-order chi connectivity index (χ0) is 17.2. The van der Waals surface area contributed by atoms with Gasteiger partial charge in [-0.3, -0.25) is 4.79 Å². The first-order valence-electron chi connectivity index (χ1n) is 7.47. The molecule has 7 heteroatoms. The van der Waals surface area contributed by atoms with Gasteiger partial charge in [-0.15, -0.1) is 0 Å². The van der Waals surface area contributed by atoms with Crippen molar-refractivity contribution in [2.75, 3.05) is 27.3 Å². The maximum Gasteiger partial charge on any atom is 0.317 e. The second-order valence-electron chi connectivity index (χ2n) is 4.92. The van der Waals surface area contributed by atoms with Gasteiger partial charge in [0, 0.05) is 31.1 Å². The Hall–Kier alpha value is -2.44. The van der Waals surface area contributed by atoms with E-state index in [0.29, 0.717) is 37.6 Å². The minimum atomic E-state index is -0.866. The predicted molar refractivity (Wildman–Crippen MR) is 85.9 cm³/mol. The largest absolute Gasteiger partial charge is 0.497 e. The Balaban J connectivity index is 2.64. The number of hydrogen-bond acceptors (Lipinski definition) is 4. The topological polar surface area (TPSA) is 88.1 Å². The molecule has 0 saturated heterocycles. The lowest BCUT2D eigenvalue weighted by Crippen LogP contribution is -2.39. The summed E-state index contributed by atoms with van der Waals surface area (Å²) in [7, 11) is 3.15. The van der Waals surface area contributed by atoms with Crippen LogP contribution in [0.4, 0.5) is 4.79 Å². The molecule has 0 aliphatic rings. The maximum atomic E-state index is 12.1. The van der Waals surface area contributed by atoms with E-state index < -0.39 is 5.97 Å². The van der Waals surface area contributed by atoms with Crippen molar-refractivity contribution < 1.29 is 24.2 Å². The molecular formula is C16H24N2O5. The van der Waals surface area contributed by atoms with Crippen LogP contribution in [-0.4, -0.2) is 49.3 Å². The number of amides is 2. The minimum Gasteiger partial charge on any atom is -0.497 e. The van der Waals surface area contributed by atoms with Crippen LogP contribution in [0.1, 0.15) is 25.3 Å². The number of carboxylic acids is 1. The van der Waals surface area contributed by atoms with Crippen LogP contribution in [0.2, 0.25) is 0 Å². The molecule has 7 nitrogen and oxygen atoms in total. The van der Waals surface area contributed by atoms with Gasteiger partial charge in [0.1, 0.15) is 11.5 Å². The number of urea groups is 1.